The Bertz CT molecular complexity index is 549. The molecule has 104 valence electrons. The Morgan fingerprint density at radius 3 is 2.35 bits per heavy atom. The van der Waals surface area contributed by atoms with Gasteiger partial charge < -0.3 is 10.5 Å². The second kappa shape index (κ2) is 6.87. The lowest BCUT2D eigenvalue weighted by atomic mass is 9.99. The summed E-state index contributed by atoms with van der Waals surface area (Å²) in [6.07, 6.45) is 0.304. The number of hydrogen-bond acceptors (Lipinski definition) is 3. The van der Waals surface area contributed by atoms with Gasteiger partial charge in [0, 0.05) is 18.0 Å². The predicted octanol–water partition coefficient (Wildman–Crippen LogP) is 3.36. The third kappa shape index (κ3) is 3.68. The van der Waals surface area contributed by atoms with E-state index in [4.69, 9.17) is 10.5 Å². The van der Waals surface area contributed by atoms with E-state index in [1.165, 1.54) is 0 Å². The molecule has 2 aromatic rings. The lowest BCUT2D eigenvalue weighted by Crippen LogP contribution is -2.15. The van der Waals surface area contributed by atoms with E-state index in [1.54, 1.807) is 12.1 Å². The van der Waals surface area contributed by atoms with E-state index >= 15 is 0 Å². The summed E-state index contributed by atoms with van der Waals surface area (Å²) >= 11 is 0. The first-order chi connectivity index (χ1) is 9.70. The molecule has 0 amide bonds. The Morgan fingerprint density at radius 2 is 1.75 bits per heavy atom. The van der Waals surface area contributed by atoms with E-state index in [2.05, 4.69) is 0 Å². The SMILES string of the molecule is CCOc1ccc(C(=O)CC(N)c2ccccc2)cc1. The van der Waals surface area contributed by atoms with Crippen LogP contribution in [0.15, 0.2) is 54.6 Å². The maximum absolute atomic E-state index is 12.2. The maximum atomic E-state index is 12.2. The highest BCUT2D eigenvalue weighted by atomic mass is 16.5. The number of rotatable bonds is 6. The molecule has 0 aliphatic carbocycles. The fourth-order valence-electron chi connectivity index (χ4n) is 2.04. The highest BCUT2D eigenvalue weighted by molar-refractivity contribution is 5.96. The largest absolute Gasteiger partial charge is 0.494 e. The molecule has 2 rings (SSSR count). The maximum Gasteiger partial charge on any atom is 0.164 e. The fraction of sp³-hybridized carbons (Fsp3) is 0.235. The van der Waals surface area contributed by atoms with Crippen LogP contribution >= 0.6 is 0 Å². The number of nitrogens with two attached hydrogens (primary N) is 1. The van der Waals surface area contributed by atoms with Gasteiger partial charge in [0.25, 0.3) is 0 Å². The van der Waals surface area contributed by atoms with Gasteiger partial charge in [0.05, 0.1) is 6.61 Å². The standard InChI is InChI=1S/C17H19NO2/c1-2-20-15-10-8-14(9-11-15)17(19)12-16(18)13-6-4-3-5-7-13/h3-11,16H,2,12,18H2,1H3. The topological polar surface area (TPSA) is 52.3 Å². The molecule has 3 nitrogen and oxygen atoms in total. The van der Waals surface area contributed by atoms with Crippen molar-refractivity contribution in [3.63, 3.8) is 0 Å². The summed E-state index contributed by atoms with van der Waals surface area (Å²) < 4.78 is 5.36. The van der Waals surface area contributed by atoms with Crippen molar-refractivity contribution in [2.24, 2.45) is 5.73 Å². The summed E-state index contributed by atoms with van der Waals surface area (Å²) in [7, 11) is 0. The number of Topliss-reactive ketones (excluding diaryl/α,β-unsaturated/α-hetero) is 1. The highest BCUT2D eigenvalue weighted by Crippen LogP contribution is 2.18. The number of ether oxygens (including phenoxy) is 1. The van der Waals surface area contributed by atoms with Gasteiger partial charge in [0.1, 0.15) is 5.75 Å². The molecule has 0 aliphatic rings. The summed E-state index contributed by atoms with van der Waals surface area (Å²) in [4.78, 5) is 12.2. The van der Waals surface area contributed by atoms with Crippen molar-refractivity contribution in [3.8, 4) is 5.75 Å². The van der Waals surface area contributed by atoms with E-state index in [0.717, 1.165) is 11.3 Å². The molecule has 3 heteroatoms. The first-order valence-corrected chi connectivity index (χ1v) is 6.77. The summed E-state index contributed by atoms with van der Waals surface area (Å²) in [6, 6.07) is 16.6. The molecule has 0 radical (unpaired) electrons. The Labute approximate surface area is 119 Å². The van der Waals surface area contributed by atoms with Gasteiger partial charge in [0.15, 0.2) is 5.78 Å². The zero-order valence-electron chi connectivity index (χ0n) is 11.6. The summed E-state index contributed by atoms with van der Waals surface area (Å²) in [5, 5.41) is 0. The predicted molar refractivity (Wildman–Crippen MR) is 79.9 cm³/mol. The van der Waals surface area contributed by atoms with Gasteiger partial charge >= 0.3 is 0 Å². The van der Waals surface area contributed by atoms with Crippen molar-refractivity contribution >= 4 is 5.78 Å². The second-order valence-corrected chi connectivity index (χ2v) is 4.60. The molecule has 0 aliphatic heterocycles. The van der Waals surface area contributed by atoms with Gasteiger partial charge in [-0.25, -0.2) is 0 Å². The molecular weight excluding hydrogens is 250 g/mol. The van der Waals surface area contributed by atoms with Crippen molar-refractivity contribution in [2.45, 2.75) is 19.4 Å². The lowest BCUT2D eigenvalue weighted by Gasteiger charge is -2.11. The van der Waals surface area contributed by atoms with Crippen molar-refractivity contribution < 1.29 is 9.53 Å². The normalized spacial score (nSPS) is 11.9. The van der Waals surface area contributed by atoms with Crippen LogP contribution in [0.2, 0.25) is 0 Å². The molecule has 0 saturated heterocycles. The van der Waals surface area contributed by atoms with Crippen molar-refractivity contribution in [1.29, 1.82) is 0 Å². The molecule has 0 heterocycles. The fourth-order valence-corrected chi connectivity index (χ4v) is 2.04. The van der Waals surface area contributed by atoms with Crippen LogP contribution in [0.5, 0.6) is 5.75 Å². The van der Waals surface area contributed by atoms with E-state index in [-0.39, 0.29) is 11.8 Å². The summed E-state index contributed by atoms with van der Waals surface area (Å²) in [6.45, 7) is 2.55. The Kier molecular flexibility index (Phi) is 4.91. The molecule has 20 heavy (non-hydrogen) atoms. The Balaban J connectivity index is 2.01. The quantitative estimate of drug-likeness (QED) is 0.818. The van der Waals surface area contributed by atoms with Gasteiger partial charge in [0.2, 0.25) is 0 Å². The Morgan fingerprint density at radius 1 is 1.10 bits per heavy atom. The molecule has 0 saturated carbocycles. The van der Waals surface area contributed by atoms with E-state index in [1.807, 2.05) is 49.4 Å². The van der Waals surface area contributed by atoms with Gasteiger partial charge in [-0.15, -0.1) is 0 Å². The number of ketones is 1. The minimum atomic E-state index is -0.268. The number of carbonyl (C=O) groups excluding carboxylic acids is 1. The van der Waals surface area contributed by atoms with Crippen LogP contribution in [0, 0.1) is 0 Å². The van der Waals surface area contributed by atoms with Crippen molar-refractivity contribution in [1.82, 2.24) is 0 Å². The van der Waals surface area contributed by atoms with Crippen LogP contribution in [-0.4, -0.2) is 12.4 Å². The highest BCUT2D eigenvalue weighted by Gasteiger charge is 2.13. The molecule has 1 unspecified atom stereocenters. The van der Waals surface area contributed by atoms with Gasteiger partial charge in [-0.1, -0.05) is 30.3 Å². The Hall–Kier alpha value is -2.13. The average Bonchev–Trinajstić information content (AvgIpc) is 2.49. The van der Waals surface area contributed by atoms with Crippen molar-refractivity contribution in [2.75, 3.05) is 6.61 Å². The summed E-state index contributed by atoms with van der Waals surface area (Å²) in [5.41, 5.74) is 7.71. The molecule has 0 fully saturated rings. The molecule has 0 spiro atoms. The van der Waals surface area contributed by atoms with Crippen LogP contribution in [0.25, 0.3) is 0 Å². The number of benzene rings is 2. The third-order valence-corrected chi connectivity index (χ3v) is 3.12. The molecule has 2 aromatic carbocycles. The van der Waals surface area contributed by atoms with Gasteiger partial charge in [-0.2, -0.15) is 0 Å². The molecule has 0 bridgehead atoms. The molecular formula is C17H19NO2. The second-order valence-electron chi connectivity index (χ2n) is 4.60. The molecule has 1 atom stereocenters. The number of carbonyl (C=O) groups is 1. The zero-order valence-corrected chi connectivity index (χ0v) is 11.6. The van der Waals surface area contributed by atoms with Crippen LogP contribution < -0.4 is 10.5 Å². The minimum Gasteiger partial charge on any atom is -0.494 e. The zero-order chi connectivity index (χ0) is 14.4. The van der Waals surface area contributed by atoms with E-state index in [0.29, 0.717) is 18.6 Å². The third-order valence-electron chi connectivity index (χ3n) is 3.12. The first-order valence-electron chi connectivity index (χ1n) is 6.77. The summed E-state index contributed by atoms with van der Waals surface area (Å²) in [5.74, 6) is 0.820. The first kappa shape index (κ1) is 14.3. The van der Waals surface area contributed by atoms with Crippen LogP contribution in [0.3, 0.4) is 0 Å². The van der Waals surface area contributed by atoms with Crippen molar-refractivity contribution in [3.05, 3.63) is 65.7 Å². The monoisotopic (exact) mass is 269 g/mol. The average molecular weight is 269 g/mol. The van der Waals surface area contributed by atoms with Gasteiger partial charge in [-0.3, -0.25) is 4.79 Å². The van der Waals surface area contributed by atoms with Crippen LogP contribution in [-0.2, 0) is 0 Å². The van der Waals surface area contributed by atoms with Crippen LogP contribution in [0.1, 0.15) is 35.3 Å². The molecule has 2 N–H and O–H groups in total. The van der Waals surface area contributed by atoms with E-state index in [9.17, 15) is 4.79 Å². The van der Waals surface area contributed by atoms with E-state index < -0.39 is 0 Å². The van der Waals surface area contributed by atoms with Gasteiger partial charge in [-0.05, 0) is 36.8 Å². The minimum absolute atomic E-state index is 0.0457. The molecule has 0 aromatic heterocycles. The smallest absolute Gasteiger partial charge is 0.164 e. The number of hydrogen-bond donors (Lipinski definition) is 1. The van der Waals surface area contributed by atoms with Crippen LogP contribution in [0.4, 0.5) is 0 Å². The lowest BCUT2D eigenvalue weighted by molar-refractivity contribution is 0.0974.